The normalized spacial score (nSPS) is 16.5. The Morgan fingerprint density at radius 1 is 1.20 bits per heavy atom. The molecule has 0 bridgehead atoms. The zero-order chi connectivity index (χ0) is 17.6. The number of nitriles is 1. The molecule has 3 rings (SSSR count). The summed E-state index contributed by atoms with van der Waals surface area (Å²) in [6.45, 7) is 1.42. The predicted octanol–water partition coefficient (Wildman–Crippen LogP) is 3.30. The summed E-state index contributed by atoms with van der Waals surface area (Å²) in [6.07, 6.45) is 4.61. The van der Waals surface area contributed by atoms with E-state index in [-0.39, 0.29) is 11.9 Å². The number of likely N-dealkylation sites (tertiary alicyclic amines) is 1. The molecule has 0 aliphatic carbocycles. The summed E-state index contributed by atoms with van der Waals surface area (Å²) in [5, 5.41) is 9.16. The van der Waals surface area contributed by atoms with Gasteiger partial charge in [0.15, 0.2) is 6.19 Å². The first-order chi connectivity index (χ1) is 12.2. The van der Waals surface area contributed by atoms with Gasteiger partial charge in [0, 0.05) is 20.1 Å². The Hall–Kier alpha value is -2.80. The number of hydrogen-bond acceptors (Lipinski definition) is 3. The van der Waals surface area contributed by atoms with Crippen LogP contribution in [0, 0.1) is 11.5 Å². The summed E-state index contributed by atoms with van der Waals surface area (Å²) in [5.41, 5.74) is 3.26. The van der Waals surface area contributed by atoms with Gasteiger partial charge in [0.05, 0.1) is 12.5 Å². The van der Waals surface area contributed by atoms with Crippen LogP contribution in [-0.4, -0.2) is 41.9 Å². The van der Waals surface area contributed by atoms with Gasteiger partial charge in [0.1, 0.15) is 0 Å². The van der Waals surface area contributed by atoms with Crippen molar-refractivity contribution in [3.63, 3.8) is 0 Å². The van der Waals surface area contributed by atoms with Crippen LogP contribution in [-0.2, 0) is 11.2 Å². The van der Waals surface area contributed by atoms with Gasteiger partial charge in [-0.1, -0.05) is 54.6 Å². The Kier molecular flexibility index (Phi) is 5.35. The fourth-order valence-corrected chi connectivity index (χ4v) is 3.45. The third-order valence-corrected chi connectivity index (χ3v) is 4.86. The Bertz CT molecular complexity index is 766. The lowest BCUT2D eigenvalue weighted by Gasteiger charge is -2.25. The van der Waals surface area contributed by atoms with Gasteiger partial charge in [-0.3, -0.25) is 4.79 Å². The minimum Gasteiger partial charge on any atom is -0.343 e. The zero-order valence-electron chi connectivity index (χ0n) is 14.6. The van der Waals surface area contributed by atoms with Gasteiger partial charge in [-0.15, -0.1) is 0 Å². The fraction of sp³-hybridized carbons (Fsp3) is 0.333. The van der Waals surface area contributed by atoms with Crippen LogP contribution in [0.5, 0.6) is 0 Å². The number of carbonyl (C=O) groups is 1. The summed E-state index contributed by atoms with van der Waals surface area (Å²) in [5.74, 6) is 0.0909. The average Bonchev–Trinajstić information content (AvgIpc) is 3.10. The first-order valence-electron chi connectivity index (χ1n) is 8.72. The quantitative estimate of drug-likeness (QED) is 0.789. The number of amides is 1. The van der Waals surface area contributed by atoms with Gasteiger partial charge in [-0.25, -0.2) is 0 Å². The second-order valence-corrected chi connectivity index (χ2v) is 6.56. The number of hydrogen-bond donors (Lipinski definition) is 0. The van der Waals surface area contributed by atoms with Crippen LogP contribution >= 0.6 is 0 Å². The second-order valence-electron chi connectivity index (χ2n) is 6.56. The standard InChI is InChI=1S/C21H23N3O/c1-23(15-19-11-7-13-24(19)16-22)21(25)14-18-10-5-6-12-20(18)17-8-3-2-4-9-17/h2-6,8-10,12,19H,7,11,13-15H2,1H3. The Labute approximate surface area is 149 Å². The Morgan fingerprint density at radius 3 is 2.68 bits per heavy atom. The van der Waals surface area contributed by atoms with E-state index in [9.17, 15) is 4.79 Å². The van der Waals surface area contributed by atoms with Gasteiger partial charge in [0.25, 0.3) is 0 Å². The van der Waals surface area contributed by atoms with Crippen LogP contribution in [0.2, 0.25) is 0 Å². The van der Waals surface area contributed by atoms with Crippen molar-refractivity contribution < 1.29 is 4.79 Å². The van der Waals surface area contributed by atoms with E-state index in [1.54, 1.807) is 9.80 Å². The molecule has 1 amide bonds. The first-order valence-corrected chi connectivity index (χ1v) is 8.72. The van der Waals surface area contributed by atoms with Gasteiger partial charge >= 0.3 is 0 Å². The molecule has 0 spiro atoms. The van der Waals surface area contributed by atoms with Crippen LogP contribution in [0.15, 0.2) is 54.6 Å². The van der Waals surface area contributed by atoms with Crippen LogP contribution in [0.1, 0.15) is 18.4 Å². The minimum absolute atomic E-state index is 0.0909. The number of carbonyl (C=O) groups excluding carboxylic acids is 1. The van der Waals surface area contributed by atoms with E-state index in [2.05, 4.69) is 24.4 Å². The van der Waals surface area contributed by atoms with E-state index in [0.717, 1.165) is 36.1 Å². The second kappa shape index (κ2) is 7.85. The van der Waals surface area contributed by atoms with Crippen molar-refractivity contribution in [2.24, 2.45) is 0 Å². The topological polar surface area (TPSA) is 47.3 Å². The molecule has 4 nitrogen and oxygen atoms in total. The monoisotopic (exact) mass is 333 g/mol. The minimum atomic E-state index is 0.0909. The molecule has 0 N–H and O–H groups in total. The van der Waals surface area contributed by atoms with E-state index in [4.69, 9.17) is 5.26 Å². The molecule has 1 fully saturated rings. The molecule has 0 aromatic heterocycles. The molecule has 1 atom stereocenters. The third-order valence-electron chi connectivity index (χ3n) is 4.86. The maximum atomic E-state index is 12.7. The van der Waals surface area contributed by atoms with Gasteiger partial charge in [-0.2, -0.15) is 5.26 Å². The van der Waals surface area contributed by atoms with Crippen LogP contribution < -0.4 is 0 Å². The molecule has 2 aromatic rings. The Morgan fingerprint density at radius 2 is 1.92 bits per heavy atom. The molecule has 2 aromatic carbocycles. The number of likely N-dealkylation sites (N-methyl/N-ethyl adjacent to an activating group) is 1. The summed E-state index contributed by atoms with van der Waals surface area (Å²) in [4.78, 5) is 16.3. The lowest BCUT2D eigenvalue weighted by Crippen LogP contribution is -2.40. The molecule has 128 valence electrons. The molecule has 25 heavy (non-hydrogen) atoms. The SMILES string of the molecule is CN(CC1CCCN1C#N)C(=O)Cc1ccccc1-c1ccccc1. The third kappa shape index (κ3) is 4.00. The van der Waals surface area contributed by atoms with Gasteiger partial charge in [-0.05, 0) is 29.5 Å². The van der Waals surface area contributed by atoms with E-state index >= 15 is 0 Å². The van der Waals surface area contributed by atoms with Crippen molar-refractivity contribution >= 4 is 5.91 Å². The summed E-state index contributed by atoms with van der Waals surface area (Å²) >= 11 is 0. The molecule has 1 saturated heterocycles. The highest BCUT2D eigenvalue weighted by Gasteiger charge is 2.26. The van der Waals surface area contributed by atoms with E-state index in [0.29, 0.717) is 13.0 Å². The zero-order valence-corrected chi connectivity index (χ0v) is 14.6. The first kappa shape index (κ1) is 17.0. The van der Waals surface area contributed by atoms with Gasteiger partial charge in [0.2, 0.25) is 5.91 Å². The smallest absolute Gasteiger partial charge is 0.226 e. The largest absolute Gasteiger partial charge is 0.343 e. The van der Waals surface area contributed by atoms with E-state index in [1.807, 2.05) is 43.4 Å². The molecular formula is C21H23N3O. The molecular weight excluding hydrogens is 310 g/mol. The molecule has 0 saturated carbocycles. The molecule has 1 unspecified atom stereocenters. The average molecular weight is 333 g/mol. The fourth-order valence-electron chi connectivity index (χ4n) is 3.45. The van der Waals surface area contributed by atoms with Crippen molar-refractivity contribution in [1.29, 1.82) is 5.26 Å². The van der Waals surface area contributed by atoms with Crippen molar-refractivity contribution in [2.45, 2.75) is 25.3 Å². The lowest BCUT2D eigenvalue weighted by molar-refractivity contribution is -0.129. The molecule has 1 aliphatic heterocycles. The molecule has 1 aliphatic rings. The maximum absolute atomic E-state index is 12.7. The van der Waals surface area contributed by atoms with Gasteiger partial charge < -0.3 is 9.80 Å². The van der Waals surface area contributed by atoms with Crippen molar-refractivity contribution in [2.75, 3.05) is 20.1 Å². The Balaban J connectivity index is 1.70. The molecule has 1 heterocycles. The summed E-state index contributed by atoms with van der Waals surface area (Å²) in [6, 6.07) is 18.4. The summed E-state index contributed by atoms with van der Waals surface area (Å²) < 4.78 is 0. The molecule has 0 radical (unpaired) electrons. The van der Waals surface area contributed by atoms with Crippen LogP contribution in [0.25, 0.3) is 11.1 Å². The number of benzene rings is 2. The van der Waals surface area contributed by atoms with Crippen LogP contribution in [0.4, 0.5) is 0 Å². The van der Waals surface area contributed by atoms with Crippen molar-refractivity contribution in [3.05, 3.63) is 60.2 Å². The predicted molar refractivity (Wildman–Crippen MR) is 98.6 cm³/mol. The number of nitrogens with zero attached hydrogens (tertiary/aromatic N) is 3. The lowest BCUT2D eigenvalue weighted by atomic mass is 9.97. The molecule has 4 heteroatoms. The summed E-state index contributed by atoms with van der Waals surface area (Å²) in [7, 11) is 1.83. The van der Waals surface area contributed by atoms with E-state index < -0.39 is 0 Å². The highest BCUT2D eigenvalue weighted by atomic mass is 16.2. The highest BCUT2D eigenvalue weighted by Crippen LogP contribution is 2.24. The maximum Gasteiger partial charge on any atom is 0.226 e. The van der Waals surface area contributed by atoms with Crippen molar-refractivity contribution in [1.82, 2.24) is 9.80 Å². The highest BCUT2D eigenvalue weighted by molar-refractivity contribution is 5.82. The number of rotatable bonds is 5. The van der Waals surface area contributed by atoms with Crippen LogP contribution in [0.3, 0.4) is 0 Å². The van der Waals surface area contributed by atoms with Crippen molar-refractivity contribution in [3.8, 4) is 17.3 Å². The van der Waals surface area contributed by atoms with E-state index in [1.165, 1.54) is 0 Å².